The van der Waals surface area contributed by atoms with Crippen LogP contribution >= 0.6 is 0 Å². The van der Waals surface area contributed by atoms with Crippen molar-refractivity contribution in [3.8, 4) is 0 Å². The minimum atomic E-state index is -0.935. The van der Waals surface area contributed by atoms with Gasteiger partial charge in [-0.15, -0.1) is 5.10 Å². The normalized spacial score (nSPS) is 21.9. The number of carbonyl (C=O) groups is 2. The molecule has 2 aliphatic rings. The summed E-state index contributed by atoms with van der Waals surface area (Å²) >= 11 is 0. The van der Waals surface area contributed by atoms with E-state index in [0.29, 0.717) is 18.8 Å². The van der Waals surface area contributed by atoms with Crippen molar-refractivity contribution in [1.29, 1.82) is 0 Å². The Balaban J connectivity index is 1.60. The van der Waals surface area contributed by atoms with Gasteiger partial charge < -0.3 is 5.32 Å². The number of tetrazole rings is 1. The number of hydrogen-bond donors (Lipinski definition) is 1. The maximum atomic E-state index is 13.1. The van der Waals surface area contributed by atoms with E-state index in [1.54, 1.807) is 4.68 Å². The summed E-state index contributed by atoms with van der Waals surface area (Å²) in [6.07, 6.45) is 3.33. The van der Waals surface area contributed by atoms with Crippen molar-refractivity contribution in [2.24, 2.45) is 0 Å². The molecule has 1 atom stereocenters. The molecule has 3 amide bonds. The summed E-state index contributed by atoms with van der Waals surface area (Å²) in [5.41, 5.74) is 1.09. The highest BCUT2D eigenvalue weighted by Gasteiger charge is 2.55. The first kappa shape index (κ1) is 15.7. The molecule has 8 heteroatoms. The molecule has 0 radical (unpaired) electrons. The van der Waals surface area contributed by atoms with Crippen LogP contribution in [0.15, 0.2) is 24.3 Å². The predicted octanol–water partition coefficient (Wildman–Crippen LogP) is 1.37. The number of imide groups is 1. The number of aryl methyl sites for hydroxylation is 2. The van der Waals surface area contributed by atoms with Crippen molar-refractivity contribution in [3.05, 3.63) is 41.2 Å². The van der Waals surface area contributed by atoms with Gasteiger partial charge in [0, 0.05) is 6.54 Å². The number of unbranched alkanes of at least 4 members (excludes halogenated alkanes) is 1. The largest absolute Gasteiger partial charge is 0.325 e. The molecule has 2 heterocycles. The van der Waals surface area contributed by atoms with Gasteiger partial charge in [0.15, 0.2) is 5.82 Å². The SMILES string of the molecule is CCCCn1nnnc1CN1C(=O)N[C@@]2(CCc3ccccc32)C1=O. The van der Waals surface area contributed by atoms with Gasteiger partial charge in [0.2, 0.25) is 0 Å². The highest BCUT2D eigenvalue weighted by molar-refractivity contribution is 6.08. The third-order valence-corrected chi connectivity index (χ3v) is 5.05. The van der Waals surface area contributed by atoms with Gasteiger partial charge in [-0.2, -0.15) is 0 Å². The number of aromatic nitrogens is 4. The molecule has 1 spiro atoms. The molecule has 25 heavy (non-hydrogen) atoms. The van der Waals surface area contributed by atoms with E-state index < -0.39 is 5.54 Å². The second kappa shape index (κ2) is 5.94. The number of nitrogens with zero attached hydrogens (tertiary/aromatic N) is 5. The molecule has 1 saturated heterocycles. The number of amides is 3. The topological polar surface area (TPSA) is 93.0 Å². The number of rotatable bonds is 5. The predicted molar refractivity (Wildman–Crippen MR) is 88.2 cm³/mol. The van der Waals surface area contributed by atoms with Gasteiger partial charge in [0.25, 0.3) is 5.91 Å². The second-order valence-corrected chi connectivity index (χ2v) is 6.56. The molecule has 1 aromatic heterocycles. The van der Waals surface area contributed by atoms with Crippen molar-refractivity contribution < 1.29 is 9.59 Å². The van der Waals surface area contributed by atoms with Crippen molar-refractivity contribution in [2.45, 2.75) is 51.2 Å². The van der Waals surface area contributed by atoms with E-state index in [2.05, 4.69) is 27.8 Å². The van der Waals surface area contributed by atoms with E-state index in [9.17, 15) is 9.59 Å². The third-order valence-electron chi connectivity index (χ3n) is 5.05. The van der Waals surface area contributed by atoms with E-state index in [-0.39, 0.29) is 18.5 Å². The fraction of sp³-hybridized carbons (Fsp3) is 0.471. The quantitative estimate of drug-likeness (QED) is 0.830. The first-order valence-electron chi connectivity index (χ1n) is 8.63. The number of benzene rings is 1. The van der Waals surface area contributed by atoms with Gasteiger partial charge in [-0.3, -0.25) is 9.69 Å². The first-order valence-corrected chi connectivity index (χ1v) is 8.63. The smallest absolute Gasteiger partial charge is 0.319 e. The first-order chi connectivity index (χ1) is 12.2. The van der Waals surface area contributed by atoms with Crippen LogP contribution in [0.3, 0.4) is 0 Å². The van der Waals surface area contributed by atoms with Crippen LogP contribution in [0.2, 0.25) is 0 Å². The minimum Gasteiger partial charge on any atom is -0.319 e. The number of urea groups is 1. The maximum absolute atomic E-state index is 13.1. The van der Waals surface area contributed by atoms with Crippen LogP contribution in [0, 0.1) is 0 Å². The van der Waals surface area contributed by atoms with E-state index in [1.807, 2.05) is 24.3 Å². The molecule has 1 fully saturated rings. The minimum absolute atomic E-state index is 0.0886. The Hall–Kier alpha value is -2.77. The monoisotopic (exact) mass is 340 g/mol. The molecule has 1 aliphatic heterocycles. The molecule has 0 saturated carbocycles. The molecule has 0 bridgehead atoms. The molecule has 8 nitrogen and oxygen atoms in total. The number of carbonyl (C=O) groups excluding carboxylic acids is 2. The van der Waals surface area contributed by atoms with Crippen LogP contribution in [0.5, 0.6) is 0 Å². The lowest BCUT2D eigenvalue weighted by molar-refractivity contribution is -0.132. The van der Waals surface area contributed by atoms with E-state index in [1.165, 1.54) is 4.90 Å². The van der Waals surface area contributed by atoms with Crippen LogP contribution in [-0.2, 0) is 29.8 Å². The van der Waals surface area contributed by atoms with Gasteiger partial charge in [0.05, 0.1) is 6.54 Å². The van der Waals surface area contributed by atoms with Crippen LogP contribution in [0.1, 0.15) is 43.1 Å². The number of fused-ring (bicyclic) bond motifs is 2. The Morgan fingerprint density at radius 1 is 1.28 bits per heavy atom. The van der Waals surface area contributed by atoms with Crippen molar-refractivity contribution in [3.63, 3.8) is 0 Å². The molecular formula is C17H20N6O2. The molecule has 2 aromatic rings. The zero-order valence-corrected chi connectivity index (χ0v) is 14.1. The summed E-state index contributed by atoms with van der Waals surface area (Å²) in [5, 5.41) is 14.6. The van der Waals surface area contributed by atoms with Crippen molar-refractivity contribution in [1.82, 2.24) is 30.4 Å². The zero-order valence-electron chi connectivity index (χ0n) is 14.1. The molecule has 1 N–H and O–H groups in total. The van der Waals surface area contributed by atoms with Gasteiger partial charge in [-0.1, -0.05) is 37.6 Å². The molecule has 0 unspecified atom stereocenters. The van der Waals surface area contributed by atoms with Gasteiger partial charge in [-0.05, 0) is 40.8 Å². The Bertz CT molecular complexity index is 832. The molecule has 1 aromatic carbocycles. The Kier molecular flexibility index (Phi) is 3.74. The summed E-state index contributed by atoms with van der Waals surface area (Å²) in [4.78, 5) is 26.9. The standard InChI is InChI=1S/C17H20N6O2/c1-2-3-10-23-14(19-20-21-23)11-22-15(24)17(18-16(22)25)9-8-12-6-4-5-7-13(12)17/h4-7H,2-3,8-11H2,1H3,(H,18,25)/t17-/m1/s1. The highest BCUT2D eigenvalue weighted by Crippen LogP contribution is 2.41. The summed E-state index contributed by atoms with van der Waals surface area (Å²) in [7, 11) is 0. The molecular weight excluding hydrogens is 320 g/mol. The average molecular weight is 340 g/mol. The van der Waals surface area contributed by atoms with Crippen LogP contribution in [0.4, 0.5) is 4.79 Å². The number of nitrogens with one attached hydrogen (secondary N) is 1. The molecule has 1 aliphatic carbocycles. The van der Waals surface area contributed by atoms with Gasteiger partial charge in [-0.25, -0.2) is 9.48 Å². The summed E-state index contributed by atoms with van der Waals surface area (Å²) < 4.78 is 1.66. The second-order valence-electron chi connectivity index (χ2n) is 6.56. The summed E-state index contributed by atoms with van der Waals surface area (Å²) in [6.45, 7) is 2.85. The van der Waals surface area contributed by atoms with Crippen molar-refractivity contribution >= 4 is 11.9 Å². The zero-order chi connectivity index (χ0) is 17.4. The van der Waals surface area contributed by atoms with Gasteiger partial charge in [0.1, 0.15) is 5.54 Å². The fourth-order valence-electron chi connectivity index (χ4n) is 3.69. The summed E-state index contributed by atoms with van der Waals surface area (Å²) in [5.74, 6) is 0.313. The molecule has 4 rings (SSSR count). The lowest BCUT2D eigenvalue weighted by Gasteiger charge is -2.22. The van der Waals surface area contributed by atoms with E-state index >= 15 is 0 Å². The van der Waals surface area contributed by atoms with E-state index in [0.717, 1.165) is 30.4 Å². The van der Waals surface area contributed by atoms with Gasteiger partial charge >= 0.3 is 6.03 Å². The van der Waals surface area contributed by atoms with Crippen LogP contribution < -0.4 is 5.32 Å². The van der Waals surface area contributed by atoms with Crippen molar-refractivity contribution in [2.75, 3.05) is 0 Å². The Labute approximate surface area is 145 Å². The lowest BCUT2D eigenvalue weighted by atomic mass is 9.92. The van der Waals surface area contributed by atoms with Crippen LogP contribution in [-0.4, -0.2) is 37.0 Å². The number of hydrogen-bond acceptors (Lipinski definition) is 5. The Morgan fingerprint density at radius 2 is 2.12 bits per heavy atom. The van der Waals surface area contributed by atoms with Crippen LogP contribution in [0.25, 0.3) is 0 Å². The highest BCUT2D eigenvalue weighted by atomic mass is 16.2. The molecule has 130 valence electrons. The fourth-order valence-corrected chi connectivity index (χ4v) is 3.69. The third kappa shape index (κ3) is 2.40. The lowest BCUT2D eigenvalue weighted by Crippen LogP contribution is -2.41. The maximum Gasteiger partial charge on any atom is 0.325 e. The Morgan fingerprint density at radius 3 is 2.96 bits per heavy atom. The summed E-state index contributed by atoms with van der Waals surface area (Å²) in [6, 6.07) is 7.41. The average Bonchev–Trinajstić information content (AvgIpc) is 3.28. The van der Waals surface area contributed by atoms with E-state index in [4.69, 9.17) is 0 Å².